The number of amides is 1. The van der Waals surface area contributed by atoms with Crippen LogP contribution in [0, 0.1) is 0 Å². The van der Waals surface area contributed by atoms with Crippen LogP contribution in [0.1, 0.15) is 24.9 Å². The van der Waals surface area contributed by atoms with Crippen LogP contribution in [0.5, 0.6) is 0 Å². The van der Waals surface area contributed by atoms with Gasteiger partial charge in [0.1, 0.15) is 6.04 Å². The van der Waals surface area contributed by atoms with Gasteiger partial charge in [-0.25, -0.2) is 0 Å². The largest absolute Gasteiger partial charge is 0.378 e. The molecule has 1 amide bonds. The molecule has 1 heterocycles. The summed E-state index contributed by atoms with van der Waals surface area (Å²) in [5.74, 6) is -0.378. The minimum absolute atomic E-state index is 0.0753. The Morgan fingerprint density at radius 3 is 2.71 bits per heavy atom. The molecular weight excluding hydrogens is 290 g/mol. The van der Waals surface area contributed by atoms with E-state index in [9.17, 15) is 4.79 Å². The highest BCUT2D eigenvalue weighted by Crippen LogP contribution is 2.29. The number of primary amides is 1. The van der Waals surface area contributed by atoms with E-state index in [4.69, 9.17) is 27.8 Å². The Morgan fingerprint density at radius 2 is 2.14 bits per heavy atom. The maximum Gasteiger partial charge on any atom is 0.237 e. The van der Waals surface area contributed by atoms with Gasteiger partial charge in [0.05, 0.1) is 19.3 Å². The third kappa shape index (κ3) is 3.74. The van der Waals surface area contributed by atoms with Crippen molar-refractivity contribution in [2.75, 3.05) is 19.8 Å². The summed E-state index contributed by atoms with van der Waals surface area (Å²) in [6.07, 6.45) is 0.802. The van der Waals surface area contributed by atoms with Crippen molar-refractivity contribution >= 4 is 17.5 Å². The third-order valence-corrected chi connectivity index (χ3v) is 4.20. The summed E-state index contributed by atoms with van der Waals surface area (Å²) >= 11 is 5.96. The summed E-state index contributed by atoms with van der Waals surface area (Å²) in [5.41, 5.74) is 12.9. The van der Waals surface area contributed by atoms with Gasteiger partial charge in [0, 0.05) is 17.6 Å². The highest BCUT2D eigenvalue weighted by molar-refractivity contribution is 6.30. The van der Waals surface area contributed by atoms with Gasteiger partial charge in [-0.05, 0) is 24.1 Å². The number of nitrogens with two attached hydrogens (primary N) is 2. The topological polar surface area (TPSA) is 81.6 Å². The normalized spacial score (nSPS) is 22.7. The molecule has 0 aliphatic carbocycles. The first-order valence-electron chi connectivity index (χ1n) is 7.18. The molecule has 1 aliphatic rings. The molecular formula is C15H22ClN3O2. The van der Waals surface area contributed by atoms with Crippen molar-refractivity contribution in [2.45, 2.75) is 31.5 Å². The zero-order valence-corrected chi connectivity index (χ0v) is 12.9. The average molecular weight is 312 g/mol. The van der Waals surface area contributed by atoms with Crippen molar-refractivity contribution in [3.8, 4) is 0 Å². The Kier molecular flexibility index (Phi) is 5.58. The second-order valence-electron chi connectivity index (χ2n) is 5.30. The highest BCUT2D eigenvalue weighted by Gasteiger charge is 2.36. The molecule has 0 bridgehead atoms. The van der Waals surface area contributed by atoms with Gasteiger partial charge in [0.15, 0.2) is 0 Å². The fourth-order valence-corrected chi connectivity index (χ4v) is 2.89. The Labute approximate surface area is 130 Å². The third-order valence-electron chi connectivity index (χ3n) is 3.94. The predicted molar refractivity (Wildman–Crippen MR) is 83.0 cm³/mol. The zero-order valence-electron chi connectivity index (χ0n) is 12.2. The van der Waals surface area contributed by atoms with Crippen LogP contribution in [0.4, 0.5) is 0 Å². The number of nitrogens with zero attached hydrogens (tertiary/aromatic N) is 1. The van der Waals surface area contributed by atoms with E-state index >= 15 is 0 Å². The number of halogens is 1. The first-order valence-corrected chi connectivity index (χ1v) is 7.56. The molecule has 0 radical (unpaired) electrons. The lowest BCUT2D eigenvalue weighted by Gasteiger charge is -2.42. The van der Waals surface area contributed by atoms with Crippen LogP contribution in [0.25, 0.3) is 0 Å². The van der Waals surface area contributed by atoms with Gasteiger partial charge in [0.2, 0.25) is 5.91 Å². The van der Waals surface area contributed by atoms with Crippen LogP contribution >= 0.6 is 11.6 Å². The van der Waals surface area contributed by atoms with Gasteiger partial charge in [0.25, 0.3) is 0 Å². The van der Waals surface area contributed by atoms with Crippen molar-refractivity contribution in [2.24, 2.45) is 11.5 Å². The van der Waals surface area contributed by atoms with Crippen molar-refractivity contribution < 1.29 is 9.53 Å². The van der Waals surface area contributed by atoms with Crippen LogP contribution in [-0.2, 0) is 9.53 Å². The molecule has 1 aliphatic heterocycles. The van der Waals surface area contributed by atoms with Crippen LogP contribution in [-0.4, -0.2) is 42.6 Å². The lowest BCUT2D eigenvalue weighted by Crippen LogP contribution is -2.56. The number of carbonyl (C=O) groups is 1. The van der Waals surface area contributed by atoms with Crippen molar-refractivity contribution in [3.63, 3.8) is 0 Å². The molecule has 4 N–H and O–H groups in total. The number of benzene rings is 1. The molecule has 21 heavy (non-hydrogen) atoms. The molecule has 1 fully saturated rings. The number of hydrogen-bond acceptors (Lipinski definition) is 4. The van der Waals surface area contributed by atoms with Crippen molar-refractivity contribution in [1.82, 2.24) is 4.90 Å². The van der Waals surface area contributed by atoms with Gasteiger partial charge in [-0.3, -0.25) is 9.69 Å². The zero-order chi connectivity index (χ0) is 15.4. The minimum atomic E-state index is -0.447. The van der Waals surface area contributed by atoms with Crippen LogP contribution < -0.4 is 11.5 Å². The van der Waals surface area contributed by atoms with Gasteiger partial charge < -0.3 is 16.2 Å². The van der Waals surface area contributed by atoms with Gasteiger partial charge in [-0.1, -0.05) is 30.7 Å². The molecule has 6 heteroatoms. The van der Waals surface area contributed by atoms with Gasteiger partial charge in [-0.15, -0.1) is 0 Å². The summed E-state index contributed by atoms with van der Waals surface area (Å²) in [6, 6.07) is 6.97. The SMILES string of the molecule is CCC(N)C(c1ccc(Cl)cc1)N1CCOCC1C(N)=O. The van der Waals surface area contributed by atoms with Crippen molar-refractivity contribution in [3.05, 3.63) is 34.9 Å². The minimum Gasteiger partial charge on any atom is -0.378 e. The molecule has 5 nitrogen and oxygen atoms in total. The molecule has 0 aromatic heterocycles. The Hall–Kier alpha value is -1.14. The van der Waals surface area contributed by atoms with Crippen molar-refractivity contribution in [1.29, 1.82) is 0 Å². The van der Waals surface area contributed by atoms with E-state index in [-0.39, 0.29) is 18.0 Å². The molecule has 0 saturated carbocycles. The second-order valence-corrected chi connectivity index (χ2v) is 5.74. The van der Waals surface area contributed by atoms with E-state index in [0.29, 0.717) is 24.8 Å². The highest BCUT2D eigenvalue weighted by atomic mass is 35.5. The molecule has 0 spiro atoms. The second kappa shape index (κ2) is 7.22. The first kappa shape index (κ1) is 16.2. The summed E-state index contributed by atoms with van der Waals surface area (Å²) in [6.45, 7) is 3.56. The number of carbonyl (C=O) groups excluding carboxylic acids is 1. The van der Waals surface area contributed by atoms with Crippen LogP contribution in [0.15, 0.2) is 24.3 Å². The quantitative estimate of drug-likeness (QED) is 0.859. The Balaban J connectivity index is 2.34. The number of hydrogen-bond donors (Lipinski definition) is 2. The molecule has 116 valence electrons. The number of morpholine rings is 1. The molecule has 1 aromatic carbocycles. The van der Waals surface area contributed by atoms with Gasteiger partial charge >= 0.3 is 0 Å². The lowest BCUT2D eigenvalue weighted by atomic mass is 9.94. The smallest absolute Gasteiger partial charge is 0.237 e. The lowest BCUT2D eigenvalue weighted by molar-refractivity contribution is -0.132. The molecule has 3 atom stereocenters. The summed E-state index contributed by atoms with van der Waals surface area (Å²) < 4.78 is 5.39. The average Bonchev–Trinajstić information content (AvgIpc) is 2.49. The Bertz CT molecular complexity index is 480. The maximum absolute atomic E-state index is 11.7. The Morgan fingerprint density at radius 1 is 1.48 bits per heavy atom. The van der Waals surface area contributed by atoms with Crippen LogP contribution in [0.2, 0.25) is 5.02 Å². The summed E-state index contributed by atoms with van der Waals surface area (Å²) in [7, 11) is 0. The fourth-order valence-electron chi connectivity index (χ4n) is 2.76. The number of rotatable bonds is 5. The monoisotopic (exact) mass is 311 g/mol. The van der Waals surface area contributed by atoms with E-state index in [1.807, 2.05) is 31.2 Å². The number of ether oxygens (including phenoxy) is 1. The maximum atomic E-state index is 11.7. The van der Waals surface area contributed by atoms with E-state index in [1.54, 1.807) is 0 Å². The molecule has 1 aromatic rings. The standard InChI is InChI=1S/C15H22ClN3O2/c1-2-12(17)14(10-3-5-11(16)6-4-10)19-7-8-21-9-13(19)15(18)20/h3-6,12-14H,2,7-9,17H2,1H3,(H2,18,20). The van der Waals surface area contributed by atoms with E-state index in [0.717, 1.165) is 12.0 Å². The van der Waals surface area contributed by atoms with Crippen LogP contribution in [0.3, 0.4) is 0 Å². The molecule has 2 rings (SSSR count). The van der Waals surface area contributed by atoms with E-state index in [2.05, 4.69) is 4.90 Å². The van der Waals surface area contributed by atoms with Gasteiger partial charge in [-0.2, -0.15) is 0 Å². The predicted octanol–water partition coefficient (Wildman–Crippen LogP) is 1.30. The fraction of sp³-hybridized carbons (Fsp3) is 0.533. The summed E-state index contributed by atoms with van der Waals surface area (Å²) in [5, 5.41) is 0.677. The molecule has 1 saturated heterocycles. The van der Waals surface area contributed by atoms with E-state index in [1.165, 1.54) is 0 Å². The first-order chi connectivity index (χ1) is 10.0. The van der Waals surface area contributed by atoms with E-state index < -0.39 is 6.04 Å². The molecule has 3 unspecified atom stereocenters. The summed E-state index contributed by atoms with van der Waals surface area (Å²) in [4.78, 5) is 13.8.